The van der Waals surface area contributed by atoms with Gasteiger partial charge in [-0.15, -0.1) is 0 Å². The molecule has 2 unspecified atom stereocenters. The Hall–Kier alpha value is -2.29. The second kappa shape index (κ2) is 35.5. The highest BCUT2D eigenvalue weighted by atomic mass is 31.2. The van der Waals surface area contributed by atoms with Crippen LogP contribution >= 0.6 is 7.82 Å². The Bertz CT molecular complexity index is 992. The third-order valence-corrected chi connectivity index (χ3v) is 8.35. The van der Waals surface area contributed by atoms with Crippen LogP contribution in [0.5, 0.6) is 0 Å². The first kappa shape index (κ1) is 46.7. The number of esters is 2. The number of nitrogens with two attached hydrogens (primary N) is 1. The van der Waals surface area contributed by atoms with E-state index in [2.05, 4.69) is 74.6 Å². The Morgan fingerprint density at radius 2 is 1.12 bits per heavy atom. The maximum Gasteiger partial charge on any atom is 0.472 e. The van der Waals surface area contributed by atoms with Crippen LogP contribution in [0, 0.1) is 0 Å². The van der Waals surface area contributed by atoms with Crippen LogP contribution in [0.15, 0.2) is 60.8 Å². The summed E-state index contributed by atoms with van der Waals surface area (Å²) in [6.07, 6.45) is 39.6. The quantitative estimate of drug-likeness (QED) is 0.0290. The molecular weight excluding hydrogens is 641 g/mol. The fourth-order valence-electron chi connectivity index (χ4n) is 4.63. The van der Waals surface area contributed by atoms with Gasteiger partial charge in [0.1, 0.15) is 6.61 Å². The maximum atomic E-state index is 12.5. The van der Waals surface area contributed by atoms with E-state index in [-0.39, 0.29) is 32.6 Å². The van der Waals surface area contributed by atoms with Gasteiger partial charge in [0, 0.05) is 19.4 Å². The lowest BCUT2D eigenvalue weighted by Crippen LogP contribution is -2.29. The molecule has 0 aliphatic carbocycles. The van der Waals surface area contributed by atoms with Gasteiger partial charge in [0.25, 0.3) is 0 Å². The summed E-state index contributed by atoms with van der Waals surface area (Å²) in [6.45, 7) is 3.49. The Balaban J connectivity index is 4.30. The second-order valence-corrected chi connectivity index (χ2v) is 13.5. The number of hydrogen-bond donors (Lipinski definition) is 2. The van der Waals surface area contributed by atoms with Crippen molar-refractivity contribution in [1.29, 1.82) is 0 Å². The van der Waals surface area contributed by atoms with E-state index in [1.165, 1.54) is 6.42 Å². The molecule has 0 aliphatic heterocycles. The van der Waals surface area contributed by atoms with E-state index in [0.717, 1.165) is 96.3 Å². The molecular formula is C39H68NO8P. The fourth-order valence-corrected chi connectivity index (χ4v) is 5.39. The summed E-state index contributed by atoms with van der Waals surface area (Å²) < 4.78 is 32.6. The molecule has 0 aromatic rings. The van der Waals surface area contributed by atoms with Crippen molar-refractivity contribution in [2.24, 2.45) is 5.73 Å². The van der Waals surface area contributed by atoms with Gasteiger partial charge in [0.15, 0.2) is 6.10 Å². The van der Waals surface area contributed by atoms with Crippen LogP contribution in [0.4, 0.5) is 0 Å². The van der Waals surface area contributed by atoms with E-state index in [9.17, 15) is 19.0 Å². The molecule has 10 heteroatoms. The molecule has 0 saturated carbocycles. The summed E-state index contributed by atoms with van der Waals surface area (Å²) in [5, 5.41) is 0. The highest BCUT2D eigenvalue weighted by molar-refractivity contribution is 7.47. The van der Waals surface area contributed by atoms with Crippen LogP contribution in [0.3, 0.4) is 0 Å². The first-order valence-corrected chi connectivity index (χ1v) is 20.3. The summed E-state index contributed by atoms with van der Waals surface area (Å²) in [5.74, 6) is -0.873. The Kier molecular flexibility index (Phi) is 33.9. The zero-order chi connectivity index (χ0) is 36.1. The van der Waals surface area contributed by atoms with Gasteiger partial charge in [-0.05, 0) is 70.6 Å². The lowest BCUT2D eigenvalue weighted by Gasteiger charge is -2.19. The topological polar surface area (TPSA) is 134 Å². The van der Waals surface area contributed by atoms with Gasteiger partial charge in [-0.1, -0.05) is 120 Å². The van der Waals surface area contributed by atoms with Crippen LogP contribution in [0.25, 0.3) is 0 Å². The first-order valence-electron chi connectivity index (χ1n) is 18.8. The second-order valence-electron chi connectivity index (χ2n) is 12.1. The predicted molar refractivity (Wildman–Crippen MR) is 201 cm³/mol. The van der Waals surface area contributed by atoms with Gasteiger partial charge < -0.3 is 20.1 Å². The number of hydrogen-bond acceptors (Lipinski definition) is 8. The van der Waals surface area contributed by atoms with Crippen molar-refractivity contribution in [3.05, 3.63) is 60.8 Å². The van der Waals surface area contributed by atoms with E-state index < -0.39 is 32.5 Å². The first-order chi connectivity index (χ1) is 23.8. The fraction of sp³-hybridized carbons (Fsp3) is 0.692. The molecule has 282 valence electrons. The number of carbonyl (C=O) groups excluding carboxylic acids is 2. The summed E-state index contributed by atoms with van der Waals surface area (Å²) in [5.41, 5.74) is 5.33. The minimum absolute atomic E-state index is 0.0454. The molecule has 3 N–H and O–H groups in total. The lowest BCUT2D eigenvalue weighted by molar-refractivity contribution is -0.161. The van der Waals surface area contributed by atoms with E-state index in [1.54, 1.807) is 0 Å². The molecule has 0 heterocycles. The van der Waals surface area contributed by atoms with Gasteiger partial charge in [0.05, 0.1) is 13.2 Å². The number of unbranched alkanes of at least 4 members (excludes halogenated alkanes) is 11. The number of phosphoric acid groups is 1. The third kappa shape index (κ3) is 35.3. The standard InChI is InChI=1S/C39H68NO8P/c1-3-5-7-9-11-13-15-17-18-20-22-24-26-28-30-32-39(42)48-37(36-47-49(43,44)46-34-33-40)35-45-38(41)31-29-27-25-23-21-19-16-14-12-10-8-6-4-2/h5,7-8,10-11,13-14,16-18,37H,3-4,6,9,12,15,19-36,40H2,1-2H3,(H,43,44)/b7-5-,10-8-,13-11-,16-14-,18-17-. The number of ether oxygens (including phenoxy) is 2. The third-order valence-electron chi connectivity index (χ3n) is 7.37. The maximum absolute atomic E-state index is 12.5. The minimum Gasteiger partial charge on any atom is -0.462 e. The average Bonchev–Trinajstić information content (AvgIpc) is 3.08. The van der Waals surface area contributed by atoms with Gasteiger partial charge in [0.2, 0.25) is 0 Å². The van der Waals surface area contributed by atoms with Crippen molar-refractivity contribution in [3.8, 4) is 0 Å². The largest absolute Gasteiger partial charge is 0.472 e. The molecule has 9 nitrogen and oxygen atoms in total. The number of carbonyl (C=O) groups is 2. The van der Waals surface area contributed by atoms with Crippen LogP contribution in [0.1, 0.15) is 142 Å². The molecule has 0 amide bonds. The Labute approximate surface area is 298 Å². The van der Waals surface area contributed by atoms with Crippen molar-refractivity contribution in [3.63, 3.8) is 0 Å². The van der Waals surface area contributed by atoms with Crippen molar-refractivity contribution < 1.29 is 37.6 Å². The van der Waals surface area contributed by atoms with Gasteiger partial charge in [-0.25, -0.2) is 4.57 Å². The average molecular weight is 710 g/mol. The molecule has 49 heavy (non-hydrogen) atoms. The van der Waals surface area contributed by atoms with Crippen molar-refractivity contribution >= 4 is 19.8 Å². The minimum atomic E-state index is -4.38. The highest BCUT2D eigenvalue weighted by Crippen LogP contribution is 2.43. The monoisotopic (exact) mass is 709 g/mol. The van der Waals surface area contributed by atoms with Crippen LogP contribution < -0.4 is 5.73 Å². The number of rotatable bonds is 34. The number of phosphoric ester groups is 1. The molecule has 2 atom stereocenters. The zero-order valence-electron chi connectivity index (χ0n) is 30.7. The molecule has 0 bridgehead atoms. The SMILES string of the molecule is CC/C=C\C/C=C\C/C=C\CCCCCCCC(=O)OC(COC(=O)CCCCCCC/C=C\C/C=C\CCC)COP(=O)(O)OCCN. The Morgan fingerprint density at radius 1 is 0.633 bits per heavy atom. The summed E-state index contributed by atoms with van der Waals surface area (Å²) in [7, 11) is -4.38. The molecule has 0 aromatic heterocycles. The van der Waals surface area contributed by atoms with Crippen molar-refractivity contribution in [2.45, 2.75) is 148 Å². The molecule has 0 rings (SSSR count). The van der Waals surface area contributed by atoms with Gasteiger partial charge >= 0.3 is 19.8 Å². The zero-order valence-corrected chi connectivity index (χ0v) is 31.5. The molecule has 0 spiro atoms. The van der Waals surface area contributed by atoms with Gasteiger partial charge in [-0.3, -0.25) is 18.6 Å². The van der Waals surface area contributed by atoms with Crippen molar-refractivity contribution in [1.82, 2.24) is 0 Å². The molecule has 0 aromatic carbocycles. The summed E-state index contributed by atoms with van der Waals surface area (Å²) in [6, 6.07) is 0. The van der Waals surface area contributed by atoms with E-state index in [0.29, 0.717) is 12.8 Å². The lowest BCUT2D eigenvalue weighted by atomic mass is 10.1. The van der Waals surface area contributed by atoms with E-state index >= 15 is 0 Å². The smallest absolute Gasteiger partial charge is 0.462 e. The van der Waals surface area contributed by atoms with Crippen LogP contribution in [0.2, 0.25) is 0 Å². The molecule has 0 fully saturated rings. The van der Waals surface area contributed by atoms with Crippen LogP contribution in [-0.4, -0.2) is 49.3 Å². The highest BCUT2D eigenvalue weighted by Gasteiger charge is 2.25. The van der Waals surface area contributed by atoms with Crippen molar-refractivity contribution in [2.75, 3.05) is 26.4 Å². The summed E-state index contributed by atoms with van der Waals surface area (Å²) in [4.78, 5) is 34.7. The Morgan fingerprint density at radius 3 is 1.67 bits per heavy atom. The van der Waals surface area contributed by atoms with Crippen LogP contribution in [-0.2, 0) is 32.7 Å². The number of allylic oxidation sites excluding steroid dienone is 10. The molecule has 0 aliphatic rings. The molecule has 0 saturated heterocycles. The molecule has 0 radical (unpaired) electrons. The normalized spacial score (nSPS) is 14.1. The predicted octanol–water partition coefficient (Wildman–Crippen LogP) is 10.2. The van der Waals surface area contributed by atoms with E-state index in [1.807, 2.05) is 0 Å². The van der Waals surface area contributed by atoms with E-state index in [4.69, 9.17) is 24.3 Å². The van der Waals surface area contributed by atoms with Gasteiger partial charge in [-0.2, -0.15) is 0 Å². The summed E-state index contributed by atoms with van der Waals surface area (Å²) >= 11 is 0.